The van der Waals surface area contributed by atoms with Crippen molar-refractivity contribution >= 4 is 41.4 Å². The highest BCUT2D eigenvalue weighted by molar-refractivity contribution is 6.20. The summed E-state index contributed by atoms with van der Waals surface area (Å²) in [5, 5.41) is -0.0357. The van der Waals surface area contributed by atoms with Crippen LogP contribution >= 0.6 is 23.2 Å². The topological polar surface area (TPSA) is 36.9 Å². The Morgan fingerprint density at radius 2 is 1.26 bits per heavy atom. The molecule has 218 valence electrons. The van der Waals surface area contributed by atoms with Crippen LogP contribution in [0, 0.1) is 0 Å². The summed E-state index contributed by atoms with van der Waals surface area (Å²) in [4.78, 5) is 0. The monoisotopic (exact) mass is 602 g/mol. The third-order valence-corrected chi connectivity index (χ3v) is 6.88. The van der Waals surface area contributed by atoms with Crippen molar-refractivity contribution in [2.24, 2.45) is 0 Å². The number of hydrogen-bond acceptors (Lipinski definition) is 4. The Balaban J connectivity index is 1.46. The number of benzene rings is 4. The molecule has 6 heteroatoms. The van der Waals surface area contributed by atoms with Crippen LogP contribution in [-0.4, -0.2) is 18.8 Å². The second-order valence-corrected chi connectivity index (χ2v) is 11.0. The van der Waals surface area contributed by atoms with E-state index < -0.39 is 0 Å². The fourth-order valence-electron chi connectivity index (χ4n) is 4.11. The van der Waals surface area contributed by atoms with Gasteiger partial charge >= 0.3 is 0 Å². The van der Waals surface area contributed by atoms with Gasteiger partial charge in [0.25, 0.3) is 0 Å². The van der Waals surface area contributed by atoms with E-state index in [4.69, 9.17) is 42.1 Å². The van der Waals surface area contributed by atoms with Crippen molar-refractivity contribution in [1.29, 1.82) is 0 Å². The maximum absolute atomic E-state index is 6.18. The summed E-state index contributed by atoms with van der Waals surface area (Å²) < 4.78 is 23.2. The molecule has 4 rings (SSSR count). The molecule has 4 aromatic carbocycles. The van der Waals surface area contributed by atoms with Crippen LogP contribution in [-0.2, 0) is 18.0 Å². The molecule has 0 radical (unpaired) electrons. The van der Waals surface area contributed by atoms with Crippen LogP contribution < -0.4 is 14.2 Å². The summed E-state index contributed by atoms with van der Waals surface area (Å²) in [6.07, 6.45) is 6.00. The SMILES string of the molecule is C=Cc1ccc(OCc2ccc(COc3ccc(C(C)Cl)cc3)cc2C=Cc2ccc(OCCOC(C)Cl)cc2)cc1. The van der Waals surface area contributed by atoms with Gasteiger partial charge in [-0.15, -0.1) is 11.6 Å². The Morgan fingerprint density at radius 1 is 0.667 bits per heavy atom. The third-order valence-electron chi connectivity index (χ3n) is 6.50. The number of alkyl halides is 2. The zero-order chi connectivity index (χ0) is 29.7. The van der Waals surface area contributed by atoms with E-state index in [0.29, 0.717) is 26.4 Å². The van der Waals surface area contributed by atoms with Crippen molar-refractivity contribution in [3.8, 4) is 17.2 Å². The van der Waals surface area contributed by atoms with Crippen LogP contribution in [0.1, 0.15) is 52.6 Å². The molecule has 0 aromatic heterocycles. The second-order valence-electron chi connectivity index (χ2n) is 9.73. The highest BCUT2D eigenvalue weighted by atomic mass is 35.5. The van der Waals surface area contributed by atoms with Crippen LogP contribution in [0.5, 0.6) is 17.2 Å². The Bertz CT molecular complexity index is 1430. The minimum Gasteiger partial charge on any atom is -0.491 e. The lowest BCUT2D eigenvalue weighted by Gasteiger charge is -2.13. The van der Waals surface area contributed by atoms with E-state index in [9.17, 15) is 0 Å². The molecule has 2 unspecified atom stereocenters. The molecule has 0 spiro atoms. The van der Waals surface area contributed by atoms with Crippen molar-refractivity contribution in [2.75, 3.05) is 13.2 Å². The van der Waals surface area contributed by atoms with Crippen LogP contribution in [0.25, 0.3) is 18.2 Å². The average molecular weight is 604 g/mol. The average Bonchev–Trinajstić information content (AvgIpc) is 3.01. The molecular weight excluding hydrogens is 567 g/mol. The second kappa shape index (κ2) is 16.1. The molecule has 0 aliphatic rings. The van der Waals surface area contributed by atoms with Gasteiger partial charge in [-0.3, -0.25) is 0 Å². The lowest BCUT2D eigenvalue weighted by atomic mass is 10.0. The summed E-state index contributed by atoms with van der Waals surface area (Å²) in [6, 6.07) is 30.0. The highest BCUT2D eigenvalue weighted by Gasteiger charge is 2.07. The van der Waals surface area contributed by atoms with E-state index >= 15 is 0 Å². The first-order valence-electron chi connectivity index (χ1n) is 13.9. The largest absolute Gasteiger partial charge is 0.491 e. The Labute approximate surface area is 259 Å². The standard InChI is InChI=1S/C36H36Cl2O4/c1-4-28-7-15-35(16-8-28)42-25-33-12-6-30(24-41-36-19-13-31(14-20-36)26(2)37)23-32(33)11-5-29-9-17-34(18-10-29)40-22-21-39-27(3)38/h4-20,23,26-27H,1,21-22,24-25H2,2-3H3. The van der Waals surface area contributed by atoms with Gasteiger partial charge in [-0.05, 0) is 89.7 Å². The predicted octanol–water partition coefficient (Wildman–Crippen LogP) is 9.94. The van der Waals surface area contributed by atoms with Crippen molar-refractivity contribution < 1.29 is 18.9 Å². The molecule has 0 aliphatic carbocycles. The fraction of sp³-hybridized carbons (Fsp3) is 0.222. The highest BCUT2D eigenvalue weighted by Crippen LogP contribution is 2.24. The predicted molar refractivity (Wildman–Crippen MR) is 174 cm³/mol. The molecule has 0 N–H and O–H groups in total. The molecule has 0 saturated heterocycles. The Morgan fingerprint density at radius 3 is 1.88 bits per heavy atom. The van der Waals surface area contributed by atoms with Gasteiger partial charge in [-0.2, -0.15) is 0 Å². The van der Waals surface area contributed by atoms with Gasteiger partial charge < -0.3 is 18.9 Å². The van der Waals surface area contributed by atoms with E-state index in [-0.39, 0.29) is 10.9 Å². The molecular formula is C36H36Cl2O4. The maximum Gasteiger partial charge on any atom is 0.128 e. The zero-order valence-corrected chi connectivity index (χ0v) is 25.5. The molecule has 0 aliphatic heterocycles. The van der Waals surface area contributed by atoms with E-state index in [1.807, 2.05) is 85.8 Å². The van der Waals surface area contributed by atoms with Gasteiger partial charge in [0.15, 0.2) is 0 Å². The first-order valence-corrected chi connectivity index (χ1v) is 14.8. The molecule has 0 heterocycles. The van der Waals surface area contributed by atoms with E-state index in [1.165, 1.54) is 0 Å². The number of halogens is 2. The smallest absolute Gasteiger partial charge is 0.128 e. The molecule has 4 nitrogen and oxygen atoms in total. The lowest BCUT2D eigenvalue weighted by molar-refractivity contribution is 0.0879. The van der Waals surface area contributed by atoms with Gasteiger partial charge in [-0.1, -0.05) is 84.9 Å². The van der Waals surface area contributed by atoms with Gasteiger partial charge in [0.1, 0.15) is 42.6 Å². The molecule has 4 aromatic rings. The van der Waals surface area contributed by atoms with Crippen LogP contribution in [0.15, 0.2) is 97.6 Å². The van der Waals surface area contributed by atoms with Crippen LogP contribution in [0.4, 0.5) is 0 Å². The van der Waals surface area contributed by atoms with Crippen LogP contribution in [0.2, 0.25) is 0 Å². The summed E-state index contributed by atoms with van der Waals surface area (Å²) in [5.74, 6) is 2.39. The molecule has 0 amide bonds. The minimum absolute atomic E-state index is 0.0357. The number of ether oxygens (including phenoxy) is 4. The van der Waals surface area contributed by atoms with Gasteiger partial charge in [0, 0.05) is 0 Å². The Hall–Kier alpha value is -3.70. The fourth-order valence-corrected chi connectivity index (χ4v) is 4.34. The molecule has 42 heavy (non-hydrogen) atoms. The molecule has 2 atom stereocenters. The van der Waals surface area contributed by atoms with Crippen molar-refractivity contribution in [1.82, 2.24) is 0 Å². The van der Waals surface area contributed by atoms with Crippen molar-refractivity contribution in [2.45, 2.75) is 38.0 Å². The maximum atomic E-state index is 6.18. The van der Waals surface area contributed by atoms with E-state index in [0.717, 1.165) is 50.6 Å². The zero-order valence-electron chi connectivity index (χ0n) is 24.0. The minimum atomic E-state index is -0.328. The lowest BCUT2D eigenvalue weighted by Crippen LogP contribution is -2.09. The summed E-state index contributed by atoms with van der Waals surface area (Å²) >= 11 is 12.0. The molecule has 0 fully saturated rings. The van der Waals surface area contributed by atoms with Crippen molar-refractivity contribution in [3.63, 3.8) is 0 Å². The Kier molecular flexibility index (Phi) is 12.0. The van der Waals surface area contributed by atoms with Gasteiger partial charge in [-0.25, -0.2) is 0 Å². The van der Waals surface area contributed by atoms with E-state index in [1.54, 1.807) is 6.92 Å². The summed E-state index contributed by atoms with van der Waals surface area (Å²) in [5.41, 5.74) is 6.02. The number of rotatable bonds is 15. The van der Waals surface area contributed by atoms with Gasteiger partial charge in [0.2, 0.25) is 0 Å². The number of hydrogen-bond donors (Lipinski definition) is 0. The third kappa shape index (κ3) is 9.99. The molecule has 0 saturated carbocycles. The van der Waals surface area contributed by atoms with E-state index in [2.05, 4.69) is 36.9 Å². The normalized spacial score (nSPS) is 12.6. The quantitative estimate of drug-likeness (QED) is 0.0770. The first kappa shape index (κ1) is 31.2. The van der Waals surface area contributed by atoms with Gasteiger partial charge in [0.05, 0.1) is 12.0 Å². The summed E-state index contributed by atoms with van der Waals surface area (Å²) in [6.45, 7) is 9.30. The van der Waals surface area contributed by atoms with Crippen LogP contribution in [0.3, 0.4) is 0 Å². The summed E-state index contributed by atoms with van der Waals surface area (Å²) in [7, 11) is 0. The molecule has 0 bridgehead atoms. The first-order chi connectivity index (χ1) is 20.4. The van der Waals surface area contributed by atoms with Crippen molar-refractivity contribution in [3.05, 3.63) is 131 Å².